The summed E-state index contributed by atoms with van der Waals surface area (Å²) in [6, 6.07) is 10.1. The Balaban J connectivity index is 1.23. The van der Waals surface area contributed by atoms with Gasteiger partial charge in [0.25, 0.3) is 6.01 Å². The molecule has 5 atom stereocenters. The van der Waals surface area contributed by atoms with E-state index in [4.69, 9.17) is 25.8 Å². The van der Waals surface area contributed by atoms with Gasteiger partial charge in [-0.15, -0.1) is 0 Å². The highest BCUT2D eigenvalue weighted by molar-refractivity contribution is 6.33. The second-order valence-corrected chi connectivity index (χ2v) is 8.89. The third-order valence-corrected chi connectivity index (χ3v) is 6.61. The van der Waals surface area contributed by atoms with Crippen LogP contribution in [0.15, 0.2) is 30.3 Å². The maximum atomic E-state index is 9.89. The number of nitrogens with zero attached hydrogens (tertiary/aromatic N) is 3. The van der Waals surface area contributed by atoms with E-state index in [-0.39, 0.29) is 31.0 Å². The van der Waals surface area contributed by atoms with Crippen molar-refractivity contribution in [3.63, 3.8) is 0 Å². The van der Waals surface area contributed by atoms with Crippen molar-refractivity contribution < 1.29 is 24.4 Å². The lowest BCUT2D eigenvalue weighted by atomic mass is 10.1. The number of aromatic amines is 1. The molecule has 5 heterocycles. The Bertz CT molecular complexity index is 1140. The zero-order valence-electron chi connectivity index (χ0n) is 17.1. The smallest absolute Gasteiger partial charge is 0.296 e. The van der Waals surface area contributed by atoms with Crippen LogP contribution in [-0.2, 0) is 9.47 Å². The molecule has 3 aliphatic heterocycles. The highest BCUT2D eigenvalue weighted by Gasteiger charge is 2.48. The van der Waals surface area contributed by atoms with E-state index in [1.165, 1.54) is 0 Å². The van der Waals surface area contributed by atoms with Crippen molar-refractivity contribution >= 4 is 28.5 Å². The maximum Gasteiger partial charge on any atom is 0.296 e. The highest BCUT2D eigenvalue weighted by Crippen LogP contribution is 2.33. The van der Waals surface area contributed by atoms with Crippen molar-refractivity contribution in [3.05, 3.63) is 35.4 Å². The van der Waals surface area contributed by atoms with E-state index < -0.39 is 6.10 Å². The van der Waals surface area contributed by atoms with Gasteiger partial charge in [0, 0.05) is 24.3 Å². The summed E-state index contributed by atoms with van der Waals surface area (Å²) in [7, 11) is 0. The number of imidazole rings is 1. The Hall–Kier alpha value is -2.43. The minimum Gasteiger partial charge on any atom is -0.456 e. The number of H-pyrrole nitrogens is 1. The van der Waals surface area contributed by atoms with Gasteiger partial charge >= 0.3 is 0 Å². The number of halogens is 1. The van der Waals surface area contributed by atoms with E-state index in [1.54, 1.807) is 6.07 Å². The molecule has 3 fully saturated rings. The van der Waals surface area contributed by atoms with E-state index in [0.29, 0.717) is 41.0 Å². The van der Waals surface area contributed by atoms with Crippen LogP contribution in [0.4, 0.5) is 5.69 Å². The van der Waals surface area contributed by atoms with Crippen molar-refractivity contribution in [2.45, 2.75) is 36.9 Å². The molecule has 3 aromatic rings. The van der Waals surface area contributed by atoms with Gasteiger partial charge in [0.15, 0.2) is 11.8 Å². The normalized spacial score (nSPS) is 29.7. The third kappa shape index (κ3) is 3.50. The number of hydrogen-bond acceptors (Lipinski definition) is 8. The molecule has 3 saturated heterocycles. The summed E-state index contributed by atoms with van der Waals surface area (Å²) in [6.07, 6.45) is -1.15. The first-order chi connectivity index (χ1) is 15.5. The van der Waals surface area contributed by atoms with Gasteiger partial charge in [-0.25, -0.2) is 4.98 Å². The van der Waals surface area contributed by atoms with Crippen LogP contribution in [0.5, 0.6) is 6.01 Å². The minimum atomic E-state index is -0.630. The number of β-amino-alcohol motifs (C(OH)–C–C–N with tert-alkyl or cyclic N) is 1. The standard InChI is InChI=1S/C22H23ClN4O5/c23-14-7-15-21(26-22(24-15)32-17-10-31-19-16(29)9-30-20(17)19)25-18(14)11-1-3-12(4-2-11)27-6-5-13(28)8-27/h1-4,7,13,16-17,19-20,28-29H,5-6,8-10H2,(H,24,25,26). The molecule has 1 aromatic carbocycles. The van der Waals surface area contributed by atoms with Gasteiger partial charge in [-0.3, -0.25) is 0 Å². The largest absolute Gasteiger partial charge is 0.456 e. The van der Waals surface area contributed by atoms with Crippen molar-refractivity contribution in [2.75, 3.05) is 31.2 Å². The molecule has 0 amide bonds. The molecule has 3 N–H and O–H groups in total. The molecule has 2 aromatic heterocycles. The number of aromatic nitrogens is 3. The number of benzene rings is 1. The molecule has 168 valence electrons. The molecular weight excluding hydrogens is 436 g/mol. The van der Waals surface area contributed by atoms with Crippen LogP contribution in [0, 0.1) is 0 Å². The molecule has 6 rings (SSSR count). The van der Waals surface area contributed by atoms with Crippen molar-refractivity contribution in [1.29, 1.82) is 0 Å². The number of aliphatic hydroxyl groups is 2. The lowest BCUT2D eigenvalue weighted by molar-refractivity contribution is 0.00706. The molecular formula is C22H23ClN4O5. The van der Waals surface area contributed by atoms with Crippen LogP contribution in [0.2, 0.25) is 5.02 Å². The number of rotatable bonds is 4. The topological polar surface area (TPSA) is 113 Å². The van der Waals surface area contributed by atoms with Crippen LogP contribution < -0.4 is 9.64 Å². The molecule has 32 heavy (non-hydrogen) atoms. The molecule has 10 heteroatoms. The number of aliphatic hydroxyl groups excluding tert-OH is 2. The fourth-order valence-corrected chi connectivity index (χ4v) is 4.91. The fraction of sp³-hybridized carbons (Fsp3) is 0.455. The van der Waals surface area contributed by atoms with Crippen molar-refractivity contribution in [1.82, 2.24) is 15.0 Å². The Morgan fingerprint density at radius 3 is 2.69 bits per heavy atom. The van der Waals surface area contributed by atoms with Gasteiger partial charge in [0.05, 0.1) is 35.6 Å². The third-order valence-electron chi connectivity index (χ3n) is 6.32. The van der Waals surface area contributed by atoms with Crippen LogP contribution in [0.1, 0.15) is 6.42 Å². The van der Waals surface area contributed by atoms with Crippen LogP contribution in [-0.4, -0.2) is 82.0 Å². The van der Waals surface area contributed by atoms with E-state index in [9.17, 15) is 10.2 Å². The van der Waals surface area contributed by atoms with Gasteiger partial charge in [0.1, 0.15) is 18.3 Å². The Labute approximate surface area is 188 Å². The van der Waals surface area contributed by atoms with E-state index in [1.807, 2.05) is 24.3 Å². The lowest BCUT2D eigenvalue weighted by Gasteiger charge is -2.18. The lowest BCUT2D eigenvalue weighted by Crippen LogP contribution is -2.34. The molecule has 0 aliphatic carbocycles. The SMILES string of the molecule is OC1CCN(c2ccc(-c3nc4nc(OC5COC6C(O)COC56)[nH]c4cc3Cl)cc2)C1. The molecule has 3 aliphatic rings. The molecule has 5 unspecified atom stereocenters. The summed E-state index contributed by atoms with van der Waals surface area (Å²) in [5.41, 5.74) is 3.74. The second kappa shape index (κ2) is 7.86. The summed E-state index contributed by atoms with van der Waals surface area (Å²) in [4.78, 5) is 14.4. The summed E-state index contributed by atoms with van der Waals surface area (Å²) >= 11 is 6.53. The minimum absolute atomic E-state index is 0.243. The van der Waals surface area contributed by atoms with Gasteiger partial charge in [0.2, 0.25) is 0 Å². The monoisotopic (exact) mass is 458 g/mol. The van der Waals surface area contributed by atoms with Gasteiger partial charge in [-0.2, -0.15) is 4.98 Å². The first kappa shape index (κ1) is 20.2. The van der Waals surface area contributed by atoms with Gasteiger partial charge < -0.3 is 34.3 Å². The number of fused-ring (bicyclic) bond motifs is 2. The Kier molecular flexibility index (Phi) is 4.96. The molecule has 0 saturated carbocycles. The predicted octanol–water partition coefficient (Wildman–Crippen LogP) is 1.76. The number of nitrogens with one attached hydrogen (secondary N) is 1. The van der Waals surface area contributed by atoms with Crippen LogP contribution >= 0.6 is 11.6 Å². The number of hydrogen-bond donors (Lipinski definition) is 3. The van der Waals surface area contributed by atoms with Crippen molar-refractivity contribution in [3.8, 4) is 17.3 Å². The summed E-state index contributed by atoms with van der Waals surface area (Å²) < 4.78 is 17.2. The first-order valence-corrected chi connectivity index (χ1v) is 11.1. The Morgan fingerprint density at radius 1 is 1.09 bits per heavy atom. The molecule has 0 bridgehead atoms. The van der Waals surface area contributed by atoms with Gasteiger partial charge in [-0.05, 0) is 24.6 Å². The average molecular weight is 459 g/mol. The first-order valence-electron chi connectivity index (χ1n) is 10.7. The zero-order valence-corrected chi connectivity index (χ0v) is 17.9. The maximum absolute atomic E-state index is 9.89. The summed E-state index contributed by atoms with van der Waals surface area (Å²) in [5.74, 6) is 0. The number of ether oxygens (including phenoxy) is 3. The summed E-state index contributed by atoms with van der Waals surface area (Å²) in [6.45, 7) is 2.06. The Morgan fingerprint density at radius 2 is 1.91 bits per heavy atom. The highest BCUT2D eigenvalue weighted by atomic mass is 35.5. The number of anilines is 1. The quantitative estimate of drug-likeness (QED) is 0.542. The molecule has 0 radical (unpaired) electrons. The number of pyridine rings is 1. The fourth-order valence-electron chi connectivity index (χ4n) is 4.65. The van der Waals surface area contributed by atoms with Crippen molar-refractivity contribution in [2.24, 2.45) is 0 Å². The molecule has 0 spiro atoms. The average Bonchev–Trinajstić information content (AvgIpc) is 3.55. The van der Waals surface area contributed by atoms with Gasteiger partial charge in [-0.1, -0.05) is 23.7 Å². The van der Waals surface area contributed by atoms with Crippen LogP contribution in [0.3, 0.4) is 0 Å². The summed E-state index contributed by atoms with van der Waals surface area (Å²) in [5, 5.41) is 20.2. The second-order valence-electron chi connectivity index (χ2n) is 8.49. The van der Waals surface area contributed by atoms with E-state index in [0.717, 1.165) is 24.2 Å². The van der Waals surface area contributed by atoms with Crippen LogP contribution in [0.25, 0.3) is 22.4 Å². The zero-order chi connectivity index (χ0) is 21.8. The van der Waals surface area contributed by atoms with E-state index >= 15 is 0 Å². The van der Waals surface area contributed by atoms with E-state index in [2.05, 4.69) is 19.9 Å². The molecule has 9 nitrogen and oxygen atoms in total. The predicted molar refractivity (Wildman–Crippen MR) is 117 cm³/mol.